The van der Waals surface area contributed by atoms with Crippen LogP contribution in [0.5, 0.6) is 0 Å². The van der Waals surface area contributed by atoms with Gasteiger partial charge in [-0.2, -0.15) is 0 Å². The van der Waals surface area contributed by atoms with E-state index in [1.54, 1.807) is 0 Å². The van der Waals surface area contributed by atoms with Crippen LogP contribution in [-0.4, -0.2) is 48.7 Å². The van der Waals surface area contributed by atoms with Crippen LogP contribution in [0.1, 0.15) is 24.0 Å². The number of nitrogens with one attached hydrogen (secondary N) is 1. The molecule has 0 radical (unpaired) electrons. The smallest absolute Gasteiger partial charge is 0.289 e. The minimum Gasteiger partial charge on any atom is -0.378 e. The molecule has 0 saturated carbocycles. The maximum Gasteiger partial charge on any atom is 0.289 e. The molecule has 1 aromatic heterocycles. The van der Waals surface area contributed by atoms with E-state index < -0.39 is 0 Å². The van der Waals surface area contributed by atoms with Crippen molar-refractivity contribution in [3.63, 3.8) is 0 Å². The van der Waals surface area contributed by atoms with E-state index in [-0.39, 0.29) is 11.7 Å². The number of nitrogens with zero attached hydrogens (tertiary/aromatic N) is 3. The number of carbonyl (C=O) groups excluding carboxylic acids is 1. The van der Waals surface area contributed by atoms with Crippen LogP contribution in [0.15, 0.2) is 24.3 Å². The number of carbonyl (C=O) groups is 1. The summed E-state index contributed by atoms with van der Waals surface area (Å²) >= 11 is 0. The molecule has 1 aromatic carbocycles. The second-order valence-corrected chi connectivity index (χ2v) is 5.24. The molecule has 0 spiro atoms. The van der Waals surface area contributed by atoms with Crippen molar-refractivity contribution in [3.8, 4) is 0 Å². The summed E-state index contributed by atoms with van der Waals surface area (Å²) in [6.07, 6.45) is 0.885. The van der Waals surface area contributed by atoms with Crippen molar-refractivity contribution in [3.05, 3.63) is 30.1 Å². The first kappa shape index (κ1) is 14.7. The lowest BCUT2D eigenvalue weighted by Crippen LogP contribution is -2.37. The first-order chi connectivity index (χ1) is 10.8. The van der Waals surface area contributed by atoms with Gasteiger partial charge >= 0.3 is 0 Å². The van der Waals surface area contributed by atoms with E-state index in [0.717, 1.165) is 36.2 Å². The molecule has 0 aliphatic carbocycles. The highest BCUT2D eigenvalue weighted by Gasteiger charge is 2.19. The standard InChI is InChI=1S/C16H20N4O2/c1-2-7-17-16(21)14-18-13-6-4-3-5-12(13)15(19-14)20-8-10-22-11-9-20/h3-6H,2,7-11H2,1H3,(H,17,21). The van der Waals surface area contributed by atoms with Crippen LogP contribution in [-0.2, 0) is 4.74 Å². The fourth-order valence-electron chi connectivity index (χ4n) is 2.50. The lowest BCUT2D eigenvalue weighted by molar-refractivity contribution is 0.0943. The van der Waals surface area contributed by atoms with Crippen LogP contribution in [0.2, 0.25) is 0 Å². The molecule has 2 aromatic rings. The van der Waals surface area contributed by atoms with E-state index in [0.29, 0.717) is 19.8 Å². The number of aromatic nitrogens is 2. The monoisotopic (exact) mass is 300 g/mol. The van der Waals surface area contributed by atoms with Gasteiger partial charge in [0, 0.05) is 25.0 Å². The Kier molecular flexibility index (Phi) is 4.48. The molecule has 1 aliphatic heterocycles. The zero-order valence-corrected chi connectivity index (χ0v) is 12.7. The summed E-state index contributed by atoms with van der Waals surface area (Å²) in [6, 6.07) is 7.80. The highest BCUT2D eigenvalue weighted by atomic mass is 16.5. The molecule has 6 nitrogen and oxygen atoms in total. The number of fused-ring (bicyclic) bond motifs is 1. The number of amides is 1. The van der Waals surface area contributed by atoms with Gasteiger partial charge in [0.15, 0.2) is 0 Å². The number of ether oxygens (including phenoxy) is 1. The van der Waals surface area contributed by atoms with Gasteiger partial charge < -0.3 is 15.0 Å². The van der Waals surface area contributed by atoms with Crippen LogP contribution in [0, 0.1) is 0 Å². The summed E-state index contributed by atoms with van der Waals surface area (Å²) in [5, 5.41) is 3.81. The largest absolute Gasteiger partial charge is 0.378 e. The first-order valence-electron chi connectivity index (χ1n) is 7.67. The lowest BCUT2D eigenvalue weighted by atomic mass is 10.2. The fraction of sp³-hybridized carbons (Fsp3) is 0.438. The van der Waals surface area contributed by atoms with Gasteiger partial charge in [-0.1, -0.05) is 19.1 Å². The highest BCUT2D eigenvalue weighted by molar-refractivity contribution is 5.96. The molecule has 1 saturated heterocycles. The normalized spacial score (nSPS) is 15.0. The van der Waals surface area contributed by atoms with Crippen LogP contribution in [0.3, 0.4) is 0 Å². The van der Waals surface area contributed by atoms with Crippen molar-refractivity contribution in [2.45, 2.75) is 13.3 Å². The first-order valence-corrected chi connectivity index (χ1v) is 7.67. The van der Waals surface area contributed by atoms with E-state index in [4.69, 9.17) is 4.74 Å². The van der Waals surface area contributed by atoms with Gasteiger partial charge in [0.1, 0.15) is 5.82 Å². The van der Waals surface area contributed by atoms with E-state index in [1.807, 2.05) is 31.2 Å². The van der Waals surface area contributed by atoms with Crippen LogP contribution in [0.4, 0.5) is 5.82 Å². The lowest BCUT2D eigenvalue weighted by Gasteiger charge is -2.28. The Bertz CT molecular complexity index is 668. The van der Waals surface area contributed by atoms with Crippen molar-refractivity contribution in [1.29, 1.82) is 0 Å². The Hall–Kier alpha value is -2.21. The van der Waals surface area contributed by atoms with Crippen molar-refractivity contribution >= 4 is 22.6 Å². The zero-order chi connectivity index (χ0) is 15.4. The molecule has 0 atom stereocenters. The molecular weight excluding hydrogens is 280 g/mol. The quantitative estimate of drug-likeness (QED) is 0.929. The molecule has 1 fully saturated rings. The topological polar surface area (TPSA) is 67.4 Å². The molecule has 116 valence electrons. The third-order valence-corrected chi connectivity index (χ3v) is 3.63. The minimum absolute atomic E-state index is 0.220. The SMILES string of the molecule is CCCNC(=O)c1nc(N2CCOCC2)c2ccccc2n1. The molecule has 1 aliphatic rings. The average Bonchev–Trinajstić information content (AvgIpc) is 2.59. The van der Waals surface area contributed by atoms with Gasteiger partial charge in [0.25, 0.3) is 5.91 Å². The molecule has 0 bridgehead atoms. The molecule has 2 heterocycles. The summed E-state index contributed by atoms with van der Waals surface area (Å²) in [7, 11) is 0. The predicted molar refractivity (Wildman–Crippen MR) is 85.2 cm³/mol. The van der Waals surface area contributed by atoms with Gasteiger partial charge in [-0.15, -0.1) is 0 Å². The van der Waals surface area contributed by atoms with E-state index in [9.17, 15) is 4.79 Å². The van der Waals surface area contributed by atoms with E-state index in [2.05, 4.69) is 20.2 Å². The maximum absolute atomic E-state index is 12.2. The number of para-hydroxylation sites is 1. The van der Waals surface area contributed by atoms with Crippen molar-refractivity contribution in [2.75, 3.05) is 37.7 Å². The van der Waals surface area contributed by atoms with Crippen molar-refractivity contribution < 1.29 is 9.53 Å². The third kappa shape index (κ3) is 3.01. The Morgan fingerprint density at radius 2 is 2.05 bits per heavy atom. The zero-order valence-electron chi connectivity index (χ0n) is 12.7. The van der Waals surface area contributed by atoms with Crippen LogP contribution in [0.25, 0.3) is 10.9 Å². The molecule has 22 heavy (non-hydrogen) atoms. The molecule has 0 unspecified atom stereocenters. The third-order valence-electron chi connectivity index (χ3n) is 3.63. The molecule has 6 heteroatoms. The van der Waals surface area contributed by atoms with Gasteiger partial charge in [-0.3, -0.25) is 4.79 Å². The summed E-state index contributed by atoms with van der Waals surface area (Å²) in [5.74, 6) is 0.825. The highest BCUT2D eigenvalue weighted by Crippen LogP contribution is 2.24. The Morgan fingerprint density at radius 3 is 2.82 bits per heavy atom. The molecule has 1 amide bonds. The van der Waals surface area contributed by atoms with Crippen LogP contribution >= 0.6 is 0 Å². The number of anilines is 1. The van der Waals surface area contributed by atoms with E-state index >= 15 is 0 Å². The van der Waals surface area contributed by atoms with E-state index in [1.165, 1.54) is 0 Å². The summed E-state index contributed by atoms with van der Waals surface area (Å²) in [6.45, 7) is 5.54. The van der Waals surface area contributed by atoms with Crippen LogP contribution < -0.4 is 10.2 Å². The number of morpholine rings is 1. The Labute approximate surface area is 129 Å². The number of rotatable bonds is 4. The van der Waals surface area contributed by atoms with Gasteiger partial charge in [-0.05, 0) is 18.6 Å². The van der Waals surface area contributed by atoms with Gasteiger partial charge in [0.2, 0.25) is 5.82 Å². The van der Waals surface area contributed by atoms with Gasteiger partial charge in [-0.25, -0.2) is 9.97 Å². The van der Waals surface area contributed by atoms with Crippen molar-refractivity contribution in [2.24, 2.45) is 0 Å². The molecular formula is C16H20N4O2. The molecule has 3 rings (SSSR count). The summed E-state index contributed by atoms with van der Waals surface area (Å²) in [5.41, 5.74) is 0.792. The van der Waals surface area contributed by atoms with Crippen molar-refractivity contribution in [1.82, 2.24) is 15.3 Å². The predicted octanol–water partition coefficient (Wildman–Crippen LogP) is 1.61. The summed E-state index contributed by atoms with van der Waals surface area (Å²) in [4.78, 5) is 23.3. The van der Waals surface area contributed by atoms with Gasteiger partial charge in [0.05, 0.1) is 18.7 Å². The molecule has 1 N–H and O–H groups in total. The second-order valence-electron chi connectivity index (χ2n) is 5.24. The average molecular weight is 300 g/mol. The number of hydrogen-bond acceptors (Lipinski definition) is 5. The maximum atomic E-state index is 12.2. The number of benzene rings is 1. The fourth-order valence-corrected chi connectivity index (χ4v) is 2.50. The summed E-state index contributed by atoms with van der Waals surface area (Å²) < 4.78 is 5.40. The minimum atomic E-state index is -0.220. The number of hydrogen-bond donors (Lipinski definition) is 1. The Morgan fingerprint density at radius 1 is 1.27 bits per heavy atom. The Balaban J connectivity index is 2.02. The second kappa shape index (κ2) is 6.70.